The summed E-state index contributed by atoms with van der Waals surface area (Å²) in [6, 6.07) is 25.6. The van der Waals surface area contributed by atoms with Crippen molar-refractivity contribution < 1.29 is 19.1 Å². The Labute approximate surface area is 182 Å². The maximum absolute atomic E-state index is 12.9. The van der Waals surface area contributed by atoms with Gasteiger partial charge in [-0.2, -0.15) is 0 Å². The van der Waals surface area contributed by atoms with Crippen molar-refractivity contribution in [2.75, 3.05) is 7.11 Å². The lowest BCUT2D eigenvalue weighted by molar-refractivity contribution is -0.123. The van der Waals surface area contributed by atoms with Gasteiger partial charge in [-0.3, -0.25) is 4.79 Å². The molecule has 0 aromatic heterocycles. The van der Waals surface area contributed by atoms with Crippen LogP contribution in [0.3, 0.4) is 0 Å². The molecule has 0 spiro atoms. The summed E-state index contributed by atoms with van der Waals surface area (Å²) in [7, 11) is 1.59. The van der Waals surface area contributed by atoms with Gasteiger partial charge in [0.2, 0.25) is 5.91 Å². The molecule has 0 fully saturated rings. The molecule has 1 atom stereocenters. The van der Waals surface area contributed by atoms with Gasteiger partial charge in [0.15, 0.2) is 0 Å². The van der Waals surface area contributed by atoms with E-state index in [2.05, 4.69) is 10.6 Å². The van der Waals surface area contributed by atoms with Crippen LogP contribution >= 0.6 is 0 Å². The van der Waals surface area contributed by atoms with Crippen molar-refractivity contribution in [3.63, 3.8) is 0 Å². The molecule has 31 heavy (non-hydrogen) atoms. The van der Waals surface area contributed by atoms with Crippen molar-refractivity contribution in [2.24, 2.45) is 0 Å². The van der Waals surface area contributed by atoms with E-state index in [0.29, 0.717) is 12.2 Å². The highest BCUT2D eigenvalue weighted by atomic mass is 16.5. The summed E-state index contributed by atoms with van der Waals surface area (Å²) in [4.78, 5) is 25.3. The number of hydrogen-bond donors (Lipinski definition) is 2. The molecule has 0 radical (unpaired) electrons. The number of methoxy groups -OCH3 is 1. The van der Waals surface area contributed by atoms with Crippen LogP contribution in [0.5, 0.6) is 5.75 Å². The van der Waals surface area contributed by atoms with Gasteiger partial charge in [-0.15, -0.1) is 0 Å². The van der Waals surface area contributed by atoms with Gasteiger partial charge in [-0.1, -0.05) is 78.9 Å². The van der Waals surface area contributed by atoms with Crippen molar-refractivity contribution >= 4 is 12.0 Å². The first-order valence-electron chi connectivity index (χ1n) is 10.1. The van der Waals surface area contributed by atoms with Crippen LogP contribution in [-0.4, -0.2) is 25.2 Å². The predicted octanol–water partition coefficient (Wildman–Crippen LogP) is 3.85. The molecule has 2 amide bonds. The molecular weight excluding hydrogens is 392 g/mol. The maximum Gasteiger partial charge on any atom is 0.408 e. The number of para-hydroxylation sites is 1. The Balaban J connectivity index is 1.63. The first-order chi connectivity index (χ1) is 15.2. The van der Waals surface area contributed by atoms with Crippen LogP contribution in [0.2, 0.25) is 0 Å². The van der Waals surface area contributed by atoms with Crippen LogP contribution in [-0.2, 0) is 29.1 Å². The fraction of sp³-hybridized carbons (Fsp3) is 0.200. The van der Waals surface area contributed by atoms with Crippen LogP contribution in [0.15, 0.2) is 84.9 Å². The van der Waals surface area contributed by atoms with E-state index in [1.165, 1.54) is 0 Å². The number of hydrogen-bond acceptors (Lipinski definition) is 4. The molecule has 3 aromatic carbocycles. The van der Waals surface area contributed by atoms with Gasteiger partial charge >= 0.3 is 6.09 Å². The zero-order chi connectivity index (χ0) is 21.9. The smallest absolute Gasteiger partial charge is 0.408 e. The minimum Gasteiger partial charge on any atom is -0.496 e. The Morgan fingerprint density at radius 1 is 0.839 bits per heavy atom. The number of rotatable bonds is 9. The fourth-order valence-corrected chi connectivity index (χ4v) is 3.12. The van der Waals surface area contributed by atoms with Crippen LogP contribution in [0, 0.1) is 0 Å². The zero-order valence-corrected chi connectivity index (χ0v) is 17.4. The number of carbonyl (C=O) groups excluding carboxylic acids is 2. The molecule has 0 saturated heterocycles. The summed E-state index contributed by atoms with van der Waals surface area (Å²) in [5, 5.41) is 5.58. The van der Waals surface area contributed by atoms with E-state index in [-0.39, 0.29) is 19.1 Å². The molecule has 160 valence electrons. The highest BCUT2D eigenvalue weighted by Crippen LogP contribution is 2.16. The molecule has 0 aliphatic carbocycles. The van der Waals surface area contributed by atoms with Crippen LogP contribution in [0.25, 0.3) is 0 Å². The van der Waals surface area contributed by atoms with Crippen molar-refractivity contribution in [2.45, 2.75) is 25.6 Å². The van der Waals surface area contributed by atoms with Gasteiger partial charge in [0, 0.05) is 18.5 Å². The van der Waals surface area contributed by atoms with E-state index in [4.69, 9.17) is 9.47 Å². The zero-order valence-electron chi connectivity index (χ0n) is 17.4. The van der Waals surface area contributed by atoms with Crippen LogP contribution in [0.1, 0.15) is 16.7 Å². The lowest BCUT2D eigenvalue weighted by atomic mass is 10.1. The Morgan fingerprint density at radius 3 is 2.13 bits per heavy atom. The standard InChI is InChI=1S/C25H26N2O4/c1-30-23-15-9-8-14-21(23)17-26-24(28)22(16-19-10-4-2-5-11-19)27-25(29)31-18-20-12-6-3-7-13-20/h2-15,22H,16-18H2,1H3,(H,26,28)(H,27,29)/t22-/m0/s1. The van der Waals surface area contributed by atoms with Gasteiger partial charge in [-0.05, 0) is 17.2 Å². The van der Waals surface area contributed by atoms with Crippen molar-refractivity contribution in [1.82, 2.24) is 10.6 Å². The first kappa shape index (κ1) is 21.9. The molecule has 0 aliphatic rings. The highest BCUT2D eigenvalue weighted by Gasteiger charge is 2.22. The van der Waals surface area contributed by atoms with Crippen LogP contribution in [0.4, 0.5) is 4.79 Å². The van der Waals surface area contributed by atoms with E-state index < -0.39 is 12.1 Å². The third-order valence-electron chi connectivity index (χ3n) is 4.75. The number of ether oxygens (including phenoxy) is 2. The topological polar surface area (TPSA) is 76.7 Å². The van der Waals surface area contributed by atoms with Crippen LogP contribution < -0.4 is 15.4 Å². The number of amides is 2. The van der Waals surface area contributed by atoms with Gasteiger partial charge in [0.25, 0.3) is 0 Å². The lowest BCUT2D eigenvalue weighted by Crippen LogP contribution is -2.48. The molecule has 3 aromatic rings. The molecule has 6 heteroatoms. The largest absolute Gasteiger partial charge is 0.496 e. The first-order valence-corrected chi connectivity index (χ1v) is 10.1. The van der Waals surface area contributed by atoms with E-state index in [1.54, 1.807) is 7.11 Å². The molecule has 6 nitrogen and oxygen atoms in total. The molecule has 2 N–H and O–H groups in total. The minimum absolute atomic E-state index is 0.133. The summed E-state index contributed by atoms with van der Waals surface area (Å²) < 4.78 is 10.6. The van der Waals surface area contributed by atoms with E-state index in [1.807, 2.05) is 84.9 Å². The van der Waals surface area contributed by atoms with Gasteiger partial charge < -0.3 is 20.1 Å². The average molecular weight is 418 g/mol. The lowest BCUT2D eigenvalue weighted by Gasteiger charge is -2.19. The Morgan fingerprint density at radius 2 is 1.45 bits per heavy atom. The second-order valence-corrected chi connectivity index (χ2v) is 6.98. The van der Waals surface area contributed by atoms with E-state index >= 15 is 0 Å². The summed E-state index contributed by atoms with van der Waals surface area (Å²) >= 11 is 0. The summed E-state index contributed by atoms with van der Waals surface area (Å²) in [5.74, 6) is 0.393. The average Bonchev–Trinajstić information content (AvgIpc) is 2.82. The summed E-state index contributed by atoms with van der Waals surface area (Å²) in [6.07, 6.45) is -0.295. The van der Waals surface area contributed by atoms with Gasteiger partial charge in [-0.25, -0.2) is 4.79 Å². The van der Waals surface area contributed by atoms with Crippen molar-refractivity contribution in [1.29, 1.82) is 0 Å². The molecule has 0 heterocycles. The van der Waals surface area contributed by atoms with Crippen molar-refractivity contribution in [3.05, 3.63) is 102 Å². The fourth-order valence-electron chi connectivity index (χ4n) is 3.12. The minimum atomic E-state index is -0.777. The molecule has 0 aliphatic heterocycles. The number of benzene rings is 3. The van der Waals surface area contributed by atoms with E-state index in [9.17, 15) is 9.59 Å². The molecule has 0 bridgehead atoms. The normalized spacial score (nSPS) is 11.3. The Bertz CT molecular complexity index is 977. The monoisotopic (exact) mass is 418 g/mol. The number of nitrogens with one attached hydrogen (secondary N) is 2. The van der Waals surface area contributed by atoms with Gasteiger partial charge in [0.05, 0.1) is 7.11 Å². The molecular formula is C25H26N2O4. The summed E-state index contributed by atoms with van der Waals surface area (Å²) in [6.45, 7) is 0.419. The maximum atomic E-state index is 12.9. The Hall–Kier alpha value is -3.80. The molecule has 0 unspecified atom stereocenters. The third kappa shape index (κ3) is 6.89. The predicted molar refractivity (Wildman–Crippen MR) is 119 cm³/mol. The SMILES string of the molecule is COc1ccccc1CNC(=O)[C@H](Cc1ccccc1)NC(=O)OCc1ccccc1. The quantitative estimate of drug-likeness (QED) is 0.553. The van der Waals surface area contributed by atoms with Gasteiger partial charge in [0.1, 0.15) is 18.4 Å². The summed E-state index contributed by atoms with van der Waals surface area (Å²) in [5.41, 5.74) is 2.66. The number of alkyl carbamates (subject to hydrolysis) is 1. The van der Waals surface area contributed by atoms with Crippen molar-refractivity contribution in [3.8, 4) is 5.75 Å². The Kier molecular flexibility index (Phi) is 8.05. The second-order valence-electron chi connectivity index (χ2n) is 6.98. The van der Waals surface area contributed by atoms with E-state index in [0.717, 1.165) is 16.7 Å². The molecule has 0 saturated carbocycles. The third-order valence-corrected chi connectivity index (χ3v) is 4.75. The number of carbonyl (C=O) groups is 2. The second kappa shape index (κ2) is 11.4. The molecule has 3 rings (SSSR count). The highest BCUT2D eigenvalue weighted by molar-refractivity contribution is 5.86.